The molecule has 1 aliphatic rings. The molecule has 1 aromatic carbocycles. The van der Waals surface area contributed by atoms with Gasteiger partial charge in [-0.3, -0.25) is 4.79 Å². The number of nitrogens with one attached hydrogen (secondary N) is 2. The first-order chi connectivity index (χ1) is 9.83. The highest BCUT2D eigenvalue weighted by Gasteiger charge is 2.23. The zero-order valence-corrected chi connectivity index (χ0v) is 11.4. The first kappa shape index (κ1) is 12.9. The Balaban J connectivity index is 1.51. The van der Waals surface area contributed by atoms with E-state index in [0.29, 0.717) is 6.54 Å². The summed E-state index contributed by atoms with van der Waals surface area (Å²) >= 11 is 0. The van der Waals surface area contributed by atoms with Crippen LogP contribution >= 0.6 is 0 Å². The van der Waals surface area contributed by atoms with Crippen LogP contribution in [0.2, 0.25) is 0 Å². The first-order valence-corrected chi connectivity index (χ1v) is 7.01. The van der Waals surface area contributed by atoms with Crippen LogP contribution < -0.4 is 10.6 Å². The summed E-state index contributed by atoms with van der Waals surface area (Å²) < 4.78 is 2.06. The predicted molar refractivity (Wildman–Crippen MR) is 78.2 cm³/mol. The third-order valence-electron chi connectivity index (χ3n) is 3.73. The second-order valence-corrected chi connectivity index (χ2v) is 5.12. The molecule has 104 valence electrons. The number of benzene rings is 1. The molecule has 0 radical (unpaired) electrons. The number of hydrogen-bond acceptors (Lipinski definition) is 2. The molecule has 4 nitrogen and oxygen atoms in total. The SMILES string of the molecule is O=C(NCCn1cccc1)[C@@H]1Cc2ccccc2CN1. The lowest BCUT2D eigenvalue weighted by molar-refractivity contribution is -0.123. The molecule has 0 saturated heterocycles. The van der Waals surface area contributed by atoms with Gasteiger partial charge in [0.25, 0.3) is 0 Å². The smallest absolute Gasteiger partial charge is 0.237 e. The molecule has 0 spiro atoms. The van der Waals surface area contributed by atoms with Crippen LogP contribution in [0.4, 0.5) is 0 Å². The summed E-state index contributed by atoms with van der Waals surface area (Å²) in [6.45, 7) is 2.24. The van der Waals surface area contributed by atoms with Crippen molar-refractivity contribution < 1.29 is 4.79 Å². The lowest BCUT2D eigenvalue weighted by Crippen LogP contribution is -2.48. The van der Waals surface area contributed by atoms with Crippen LogP contribution in [0.3, 0.4) is 0 Å². The minimum Gasteiger partial charge on any atom is -0.353 e. The van der Waals surface area contributed by atoms with Crippen molar-refractivity contribution in [2.24, 2.45) is 0 Å². The minimum atomic E-state index is -0.116. The molecule has 1 aromatic heterocycles. The molecule has 1 atom stereocenters. The van der Waals surface area contributed by atoms with Gasteiger partial charge in [0.05, 0.1) is 6.04 Å². The van der Waals surface area contributed by atoms with Gasteiger partial charge in [0.1, 0.15) is 0 Å². The average molecular weight is 269 g/mol. The van der Waals surface area contributed by atoms with Gasteiger partial charge in [0.2, 0.25) is 5.91 Å². The monoisotopic (exact) mass is 269 g/mol. The quantitative estimate of drug-likeness (QED) is 0.879. The number of hydrogen-bond donors (Lipinski definition) is 2. The summed E-state index contributed by atoms with van der Waals surface area (Å²) in [5.74, 6) is 0.0895. The van der Waals surface area contributed by atoms with E-state index in [1.807, 2.05) is 36.7 Å². The number of rotatable bonds is 4. The van der Waals surface area contributed by atoms with Gasteiger partial charge >= 0.3 is 0 Å². The second kappa shape index (κ2) is 5.92. The normalized spacial score (nSPS) is 17.5. The molecule has 1 amide bonds. The lowest BCUT2D eigenvalue weighted by atomic mass is 9.95. The van der Waals surface area contributed by atoms with Crippen molar-refractivity contribution in [3.05, 3.63) is 59.9 Å². The number of carbonyl (C=O) groups is 1. The van der Waals surface area contributed by atoms with E-state index < -0.39 is 0 Å². The van der Waals surface area contributed by atoms with Crippen LogP contribution in [0, 0.1) is 0 Å². The van der Waals surface area contributed by atoms with Crippen LogP contribution in [0.15, 0.2) is 48.8 Å². The summed E-state index contributed by atoms with van der Waals surface area (Å²) in [4.78, 5) is 12.2. The summed E-state index contributed by atoms with van der Waals surface area (Å²) in [6.07, 6.45) is 4.77. The molecular weight excluding hydrogens is 250 g/mol. The fourth-order valence-electron chi connectivity index (χ4n) is 2.59. The molecule has 3 rings (SSSR count). The Labute approximate surface area is 118 Å². The lowest BCUT2D eigenvalue weighted by Gasteiger charge is -2.25. The zero-order chi connectivity index (χ0) is 13.8. The molecule has 2 N–H and O–H groups in total. The maximum atomic E-state index is 12.2. The largest absolute Gasteiger partial charge is 0.353 e. The highest BCUT2D eigenvalue weighted by atomic mass is 16.2. The van der Waals surface area contributed by atoms with E-state index >= 15 is 0 Å². The molecule has 2 heterocycles. The number of fused-ring (bicyclic) bond motifs is 1. The molecule has 20 heavy (non-hydrogen) atoms. The average Bonchev–Trinajstić information content (AvgIpc) is 3.00. The third-order valence-corrected chi connectivity index (χ3v) is 3.73. The van der Waals surface area contributed by atoms with Gasteiger partial charge in [-0.05, 0) is 29.7 Å². The van der Waals surface area contributed by atoms with Crippen LogP contribution in [0.5, 0.6) is 0 Å². The third kappa shape index (κ3) is 2.91. The standard InChI is InChI=1S/C16H19N3O/c20-16(17-7-10-19-8-3-4-9-19)15-11-13-5-1-2-6-14(13)12-18-15/h1-6,8-9,15,18H,7,10-12H2,(H,17,20)/t15-/m0/s1. The maximum absolute atomic E-state index is 12.2. The Morgan fingerprint density at radius 2 is 1.95 bits per heavy atom. The van der Waals surface area contributed by atoms with Crippen LogP contribution in [0.1, 0.15) is 11.1 Å². The van der Waals surface area contributed by atoms with Crippen LogP contribution in [-0.4, -0.2) is 23.1 Å². The van der Waals surface area contributed by atoms with Crippen molar-refractivity contribution in [1.29, 1.82) is 0 Å². The Bertz CT molecular complexity index is 577. The van der Waals surface area contributed by atoms with Gasteiger partial charge in [-0.25, -0.2) is 0 Å². The molecule has 0 unspecified atom stereocenters. The van der Waals surface area contributed by atoms with Gasteiger partial charge in [-0.15, -0.1) is 0 Å². The van der Waals surface area contributed by atoms with Gasteiger partial charge in [-0.2, -0.15) is 0 Å². The number of amides is 1. The highest BCUT2D eigenvalue weighted by Crippen LogP contribution is 2.16. The van der Waals surface area contributed by atoms with E-state index in [0.717, 1.165) is 19.5 Å². The fraction of sp³-hybridized carbons (Fsp3) is 0.312. The van der Waals surface area contributed by atoms with Gasteiger partial charge in [-0.1, -0.05) is 24.3 Å². The van der Waals surface area contributed by atoms with E-state index in [2.05, 4.69) is 27.3 Å². The number of carbonyl (C=O) groups excluding carboxylic acids is 1. The molecule has 0 aliphatic carbocycles. The summed E-state index contributed by atoms with van der Waals surface area (Å²) in [5, 5.41) is 6.30. The Morgan fingerprint density at radius 1 is 1.20 bits per heavy atom. The first-order valence-electron chi connectivity index (χ1n) is 7.01. The van der Waals surface area contributed by atoms with Gasteiger partial charge < -0.3 is 15.2 Å². The van der Waals surface area contributed by atoms with Crippen molar-refractivity contribution in [3.8, 4) is 0 Å². The topological polar surface area (TPSA) is 46.1 Å². The molecule has 0 fully saturated rings. The van der Waals surface area contributed by atoms with Crippen LogP contribution in [0.25, 0.3) is 0 Å². The summed E-state index contributed by atoms with van der Waals surface area (Å²) in [5.41, 5.74) is 2.57. The fourth-order valence-corrected chi connectivity index (χ4v) is 2.59. The van der Waals surface area contributed by atoms with Crippen molar-refractivity contribution >= 4 is 5.91 Å². The van der Waals surface area contributed by atoms with Crippen molar-refractivity contribution in [2.75, 3.05) is 6.54 Å². The molecule has 0 bridgehead atoms. The highest BCUT2D eigenvalue weighted by molar-refractivity contribution is 5.82. The second-order valence-electron chi connectivity index (χ2n) is 5.12. The van der Waals surface area contributed by atoms with E-state index in [9.17, 15) is 4.79 Å². The maximum Gasteiger partial charge on any atom is 0.237 e. The van der Waals surface area contributed by atoms with Crippen LogP contribution in [-0.2, 0) is 24.3 Å². The van der Waals surface area contributed by atoms with E-state index in [-0.39, 0.29) is 11.9 Å². The Hall–Kier alpha value is -2.07. The molecule has 4 heteroatoms. The molecule has 1 aliphatic heterocycles. The zero-order valence-electron chi connectivity index (χ0n) is 11.4. The van der Waals surface area contributed by atoms with Crippen molar-refractivity contribution in [3.63, 3.8) is 0 Å². The summed E-state index contributed by atoms with van der Waals surface area (Å²) in [7, 11) is 0. The van der Waals surface area contributed by atoms with Crippen molar-refractivity contribution in [2.45, 2.75) is 25.6 Å². The number of nitrogens with zero attached hydrogens (tertiary/aromatic N) is 1. The van der Waals surface area contributed by atoms with E-state index in [4.69, 9.17) is 0 Å². The minimum absolute atomic E-state index is 0.0895. The molecule has 0 saturated carbocycles. The molecular formula is C16H19N3O. The van der Waals surface area contributed by atoms with E-state index in [1.54, 1.807) is 0 Å². The Kier molecular flexibility index (Phi) is 3.83. The number of aromatic nitrogens is 1. The summed E-state index contributed by atoms with van der Waals surface area (Å²) in [6, 6.07) is 12.2. The van der Waals surface area contributed by atoms with Crippen molar-refractivity contribution in [1.82, 2.24) is 15.2 Å². The van der Waals surface area contributed by atoms with Gasteiger partial charge in [0.15, 0.2) is 0 Å². The Morgan fingerprint density at radius 3 is 2.75 bits per heavy atom. The predicted octanol–water partition coefficient (Wildman–Crippen LogP) is 1.32. The van der Waals surface area contributed by atoms with Gasteiger partial charge in [0, 0.05) is 32.0 Å². The molecule has 2 aromatic rings. The van der Waals surface area contributed by atoms with E-state index in [1.165, 1.54) is 11.1 Å².